The third kappa shape index (κ3) is 5.00. The van der Waals surface area contributed by atoms with Crippen LogP contribution in [-0.2, 0) is 15.6 Å². The fraction of sp³-hybridized carbons (Fsp3) is 0.389. The van der Waals surface area contributed by atoms with E-state index in [1.54, 1.807) is 24.5 Å². The van der Waals surface area contributed by atoms with E-state index in [4.69, 9.17) is 4.52 Å². The second kappa shape index (κ2) is 8.22. The number of hydrogen-bond donors (Lipinski definition) is 2. The summed E-state index contributed by atoms with van der Waals surface area (Å²) in [4.78, 5) is 20.3. The molecule has 2 atom stereocenters. The molecule has 30 heavy (non-hydrogen) atoms. The van der Waals surface area contributed by atoms with Crippen molar-refractivity contribution in [1.82, 2.24) is 24.9 Å². The first-order valence-corrected chi connectivity index (χ1v) is 11.5. The lowest BCUT2D eigenvalue weighted by molar-refractivity contribution is 0.389. The molecule has 3 aromatic rings. The topological polar surface area (TPSA) is 145 Å². The third-order valence-electron chi connectivity index (χ3n) is 4.68. The van der Waals surface area contributed by atoms with Gasteiger partial charge in [0.05, 0.1) is 11.9 Å². The third-order valence-corrected chi connectivity index (χ3v) is 5.45. The normalized spacial score (nSPS) is 19.0. The van der Waals surface area contributed by atoms with E-state index in [9.17, 15) is 13.2 Å². The maximum Gasteiger partial charge on any atom is 0.271 e. The molecule has 4 rings (SSSR count). The van der Waals surface area contributed by atoms with Gasteiger partial charge in [-0.3, -0.25) is 4.79 Å². The molecule has 1 fully saturated rings. The summed E-state index contributed by atoms with van der Waals surface area (Å²) in [6.45, 7) is 0. The smallest absolute Gasteiger partial charge is 0.271 e. The Hall–Kier alpha value is -3.28. The van der Waals surface area contributed by atoms with Crippen molar-refractivity contribution in [3.8, 4) is 5.69 Å². The molecule has 2 N–H and O–H groups in total. The molecule has 12 heteroatoms. The van der Waals surface area contributed by atoms with Crippen molar-refractivity contribution in [2.45, 2.75) is 37.1 Å². The summed E-state index contributed by atoms with van der Waals surface area (Å²) in [5.41, 5.74) is 0.380. The van der Waals surface area contributed by atoms with Gasteiger partial charge in [0.15, 0.2) is 9.84 Å². The summed E-state index contributed by atoms with van der Waals surface area (Å²) < 4.78 is 28.9. The minimum absolute atomic E-state index is 0.0731. The molecular formula is C18H21N7O4S. The Morgan fingerprint density at radius 2 is 2.00 bits per heavy atom. The van der Waals surface area contributed by atoms with Gasteiger partial charge in [-0.15, -0.1) is 0 Å². The Bertz CT molecular complexity index is 1170. The van der Waals surface area contributed by atoms with Gasteiger partial charge < -0.3 is 15.2 Å². The summed E-state index contributed by atoms with van der Waals surface area (Å²) >= 11 is 0. The minimum Gasteiger partial charge on any atom is -0.367 e. The van der Waals surface area contributed by atoms with Crippen LogP contribution in [-0.4, -0.2) is 51.7 Å². The predicted octanol–water partition coefficient (Wildman–Crippen LogP) is 1.00. The van der Waals surface area contributed by atoms with Gasteiger partial charge in [0.25, 0.3) is 11.5 Å². The van der Waals surface area contributed by atoms with E-state index in [2.05, 4.69) is 30.9 Å². The number of anilines is 2. The number of nitrogens with zero attached hydrogens (tertiary/aromatic N) is 5. The first-order valence-electron chi connectivity index (χ1n) is 9.40. The Morgan fingerprint density at radius 1 is 1.20 bits per heavy atom. The van der Waals surface area contributed by atoms with Crippen LogP contribution in [0.2, 0.25) is 0 Å². The molecule has 0 aliphatic heterocycles. The zero-order valence-electron chi connectivity index (χ0n) is 16.2. The Morgan fingerprint density at radius 3 is 2.70 bits per heavy atom. The van der Waals surface area contributed by atoms with E-state index in [0.29, 0.717) is 17.5 Å². The van der Waals surface area contributed by atoms with Crippen molar-refractivity contribution in [2.75, 3.05) is 16.9 Å². The van der Waals surface area contributed by atoms with Crippen molar-refractivity contribution in [3.05, 3.63) is 52.9 Å². The summed E-state index contributed by atoms with van der Waals surface area (Å²) in [6, 6.07) is 6.98. The van der Waals surface area contributed by atoms with Gasteiger partial charge in [0.2, 0.25) is 5.89 Å². The van der Waals surface area contributed by atoms with Crippen LogP contribution >= 0.6 is 0 Å². The van der Waals surface area contributed by atoms with E-state index < -0.39 is 9.84 Å². The minimum atomic E-state index is -3.22. The van der Waals surface area contributed by atoms with Gasteiger partial charge in [0.1, 0.15) is 11.6 Å². The molecule has 158 valence electrons. The van der Waals surface area contributed by atoms with E-state index in [0.717, 1.165) is 25.5 Å². The second-order valence-corrected chi connectivity index (χ2v) is 9.39. The molecule has 0 radical (unpaired) electrons. The summed E-state index contributed by atoms with van der Waals surface area (Å²) in [5.74, 6) is 0.804. The average Bonchev–Trinajstić information content (AvgIpc) is 3.31. The van der Waals surface area contributed by atoms with Gasteiger partial charge >= 0.3 is 0 Å². The maximum absolute atomic E-state index is 11.8. The van der Waals surface area contributed by atoms with Gasteiger partial charge in [0, 0.05) is 30.6 Å². The van der Waals surface area contributed by atoms with Crippen LogP contribution in [0.5, 0.6) is 0 Å². The molecule has 1 aliphatic carbocycles. The highest BCUT2D eigenvalue weighted by molar-refractivity contribution is 7.89. The molecule has 3 aromatic heterocycles. The molecular weight excluding hydrogens is 410 g/mol. The summed E-state index contributed by atoms with van der Waals surface area (Å²) in [6.07, 6.45) is 6.91. The average molecular weight is 431 g/mol. The summed E-state index contributed by atoms with van der Waals surface area (Å²) in [7, 11) is -3.22. The van der Waals surface area contributed by atoms with Crippen molar-refractivity contribution in [3.63, 3.8) is 0 Å². The number of nitrogens with one attached hydrogen (secondary N) is 2. The van der Waals surface area contributed by atoms with Crippen LogP contribution in [0.1, 0.15) is 25.2 Å². The zero-order valence-corrected chi connectivity index (χ0v) is 17.0. The summed E-state index contributed by atoms with van der Waals surface area (Å²) in [5, 5.41) is 14.4. The molecule has 0 bridgehead atoms. The SMILES string of the molecule is CS(=O)(=O)Cc1nc(N[C@H]2CC[C@H](Nc3ccc(-n4ncccc4=O)cn3)C2)no1. The lowest BCUT2D eigenvalue weighted by Crippen LogP contribution is -2.22. The molecule has 0 unspecified atom stereocenters. The van der Waals surface area contributed by atoms with Gasteiger partial charge in [-0.05, 0) is 42.6 Å². The Balaban J connectivity index is 1.32. The molecule has 0 amide bonds. The highest BCUT2D eigenvalue weighted by atomic mass is 32.2. The first kappa shape index (κ1) is 20.0. The highest BCUT2D eigenvalue weighted by Crippen LogP contribution is 2.25. The number of pyridine rings is 1. The monoisotopic (exact) mass is 431 g/mol. The standard InChI is InChI=1S/C18H21N7O4S/c1-30(27,28)11-16-23-18(24-29-16)22-13-5-4-12(9-13)21-15-7-6-14(10-19-15)25-17(26)3-2-8-20-25/h2-3,6-8,10,12-13H,4-5,9,11H2,1H3,(H,19,21)(H,22,24)/t12-,13-/m0/s1. The van der Waals surface area contributed by atoms with Crippen LogP contribution < -0.4 is 16.2 Å². The van der Waals surface area contributed by atoms with Crippen molar-refractivity contribution in [2.24, 2.45) is 0 Å². The Labute approximate surface area is 172 Å². The van der Waals surface area contributed by atoms with Crippen LogP contribution in [0.25, 0.3) is 5.69 Å². The van der Waals surface area contributed by atoms with E-state index in [1.165, 1.54) is 10.7 Å². The van der Waals surface area contributed by atoms with E-state index >= 15 is 0 Å². The van der Waals surface area contributed by atoms with Crippen LogP contribution in [0.4, 0.5) is 11.8 Å². The number of hydrogen-bond acceptors (Lipinski definition) is 10. The van der Waals surface area contributed by atoms with Gasteiger partial charge in [-0.2, -0.15) is 14.8 Å². The molecule has 1 saturated carbocycles. The maximum atomic E-state index is 11.8. The van der Waals surface area contributed by atoms with Gasteiger partial charge in [-0.25, -0.2) is 13.4 Å². The fourth-order valence-corrected chi connectivity index (χ4v) is 3.95. The van der Waals surface area contributed by atoms with Crippen LogP contribution in [0, 0.1) is 0 Å². The number of rotatable bonds is 7. The second-order valence-electron chi connectivity index (χ2n) is 7.25. The van der Waals surface area contributed by atoms with Crippen molar-refractivity contribution < 1.29 is 12.9 Å². The highest BCUT2D eigenvalue weighted by Gasteiger charge is 2.26. The molecule has 1 aliphatic rings. The molecule has 11 nitrogen and oxygen atoms in total. The van der Waals surface area contributed by atoms with Crippen molar-refractivity contribution in [1.29, 1.82) is 0 Å². The van der Waals surface area contributed by atoms with E-state index in [-0.39, 0.29) is 29.3 Å². The lowest BCUT2D eigenvalue weighted by atomic mass is 10.2. The number of sulfone groups is 1. The molecule has 3 heterocycles. The molecule has 0 saturated heterocycles. The zero-order chi connectivity index (χ0) is 21.1. The quantitative estimate of drug-likeness (QED) is 0.555. The molecule has 0 aromatic carbocycles. The van der Waals surface area contributed by atoms with Crippen LogP contribution in [0.15, 0.2) is 46.0 Å². The van der Waals surface area contributed by atoms with E-state index in [1.807, 2.05) is 6.07 Å². The molecule has 0 spiro atoms. The fourth-order valence-electron chi connectivity index (χ4n) is 3.38. The van der Waals surface area contributed by atoms with Crippen molar-refractivity contribution >= 4 is 21.6 Å². The lowest BCUT2D eigenvalue weighted by Gasteiger charge is -2.14. The Kier molecular flexibility index (Phi) is 5.48. The van der Waals surface area contributed by atoms with Gasteiger partial charge in [-0.1, -0.05) is 0 Å². The first-order chi connectivity index (χ1) is 14.4. The van der Waals surface area contributed by atoms with Crippen LogP contribution in [0.3, 0.4) is 0 Å². The largest absolute Gasteiger partial charge is 0.367 e. The predicted molar refractivity (Wildman–Crippen MR) is 109 cm³/mol. The number of aromatic nitrogens is 5.